The van der Waals surface area contributed by atoms with Crippen LogP contribution in [0.4, 0.5) is 5.69 Å². The lowest BCUT2D eigenvalue weighted by atomic mass is 10.1. The van der Waals surface area contributed by atoms with Crippen molar-refractivity contribution in [3.63, 3.8) is 0 Å². The Kier molecular flexibility index (Phi) is 3.84. The van der Waals surface area contributed by atoms with Gasteiger partial charge in [-0.15, -0.1) is 0 Å². The maximum atomic E-state index is 12.3. The normalized spacial score (nSPS) is 10.5. The molecule has 1 N–H and O–H groups in total. The number of carboxylic acid groups (broad SMARTS) is 1. The summed E-state index contributed by atoms with van der Waals surface area (Å²) in [6.45, 7) is 3.29. The summed E-state index contributed by atoms with van der Waals surface area (Å²) in [5.74, 6) is -1.03. The monoisotopic (exact) mass is 286 g/mol. The van der Waals surface area contributed by atoms with Crippen molar-refractivity contribution in [3.05, 3.63) is 57.5 Å². The first-order valence-corrected chi connectivity index (χ1v) is 6.57. The minimum atomic E-state index is -1.03. The van der Waals surface area contributed by atoms with Crippen molar-refractivity contribution in [2.24, 2.45) is 0 Å². The molecule has 0 aliphatic rings. The zero-order chi connectivity index (χ0) is 15.7. The van der Waals surface area contributed by atoms with Gasteiger partial charge in [0.15, 0.2) is 0 Å². The van der Waals surface area contributed by atoms with E-state index in [4.69, 9.17) is 0 Å². The number of carbonyl (C=O) groups is 1. The number of pyridine rings is 1. The molecule has 0 amide bonds. The molecule has 5 nitrogen and oxygen atoms in total. The smallest absolute Gasteiger partial charge is 0.337 e. The molecular weight excluding hydrogens is 268 g/mol. The van der Waals surface area contributed by atoms with Gasteiger partial charge >= 0.3 is 5.97 Å². The average molecular weight is 286 g/mol. The topological polar surface area (TPSA) is 62.5 Å². The van der Waals surface area contributed by atoms with Gasteiger partial charge in [0.25, 0.3) is 5.56 Å². The molecule has 1 aromatic heterocycles. The van der Waals surface area contributed by atoms with E-state index in [9.17, 15) is 14.7 Å². The Labute approximate surface area is 123 Å². The fourth-order valence-corrected chi connectivity index (χ4v) is 2.44. The lowest BCUT2D eigenvalue weighted by Gasteiger charge is -2.17. The summed E-state index contributed by atoms with van der Waals surface area (Å²) in [7, 11) is 3.82. The van der Waals surface area contributed by atoms with E-state index >= 15 is 0 Å². The molecule has 110 valence electrons. The van der Waals surface area contributed by atoms with Gasteiger partial charge in [-0.3, -0.25) is 9.36 Å². The molecule has 1 heterocycles. The highest BCUT2D eigenvalue weighted by molar-refractivity contribution is 5.90. The van der Waals surface area contributed by atoms with Crippen LogP contribution in [0.15, 0.2) is 35.1 Å². The number of rotatable bonds is 3. The Morgan fingerprint density at radius 1 is 1.19 bits per heavy atom. The third-order valence-electron chi connectivity index (χ3n) is 3.47. The fourth-order valence-electron chi connectivity index (χ4n) is 2.44. The van der Waals surface area contributed by atoms with Gasteiger partial charge in [-0.1, -0.05) is 6.07 Å². The number of aryl methyl sites for hydroxylation is 1. The van der Waals surface area contributed by atoms with Crippen molar-refractivity contribution in [3.8, 4) is 5.69 Å². The van der Waals surface area contributed by atoms with Crippen LogP contribution in [0.2, 0.25) is 0 Å². The predicted molar refractivity (Wildman–Crippen MR) is 82.8 cm³/mol. The minimum absolute atomic E-state index is 0.171. The first-order valence-electron chi connectivity index (χ1n) is 6.57. The predicted octanol–water partition coefficient (Wildman–Crippen LogP) is 2.22. The van der Waals surface area contributed by atoms with Gasteiger partial charge in [0.05, 0.1) is 11.3 Å². The quantitative estimate of drug-likeness (QED) is 0.939. The summed E-state index contributed by atoms with van der Waals surface area (Å²) in [4.78, 5) is 25.6. The number of nitrogens with zero attached hydrogens (tertiary/aromatic N) is 2. The van der Waals surface area contributed by atoms with Crippen LogP contribution in [0.5, 0.6) is 0 Å². The van der Waals surface area contributed by atoms with E-state index in [2.05, 4.69) is 0 Å². The molecule has 0 aliphatic carbocycles. The van der Waals surface area contributed by atoms with E-state index in [0.29, 0.717) is 16.9 Å². The standard InChI is InChI=1S/C16H18N2O3/c1-10-8-14(19)18(11(2)15(10)16(20)21)13-7-5-6-12(9-13)17(3)4/h5-9H,1-4H3,(H,20,21). The summed E-state index contributed by atoms with van der Waals surface area (Å²) in [5.41, 5.74) is 2.45. The van der Waals surface area contributed by atoms with Crippen LogP contribution in [0.3, 0.4) is 0 Å². The molecule has 21 heavy (non-hydrogen) atoms. The number of benzene rings is 1. The van der Waals surface area contributed by atoms with Crippen LogP contribution in [-0.2, 0) is 0 Å². The van der Waals surface area contributed by atoms with E-state index in [0.717, 1.165) is 5.69 Å². The van der Waals surface area contributed by atoms with Gasteiger partial charge in [0.1, 0.15) is 0 Å². The molecule has 0 fully saturated rings. The van der Waals surface area contributed by atoms with E-state index < -0.39 is 5.97 Å². The van der Waals surface area contributed by atoms with Crippen LogP contribution >= 0.6 is 0 Å². The largest absolute Gasteiger partial charge is 0.478 e. The molecule has 0 bridgehead atoms. The third-order valence-corrected chi connectivity index (χ3v) is 3.47. The second-order valence-corrected chi connectivity index (χ2v) is 5.18. The number of anilines is 1. The van der Waals surface area contributed by atoms with Crippen LogP contribution in [0, 0.1) is 13.8 Å². The molecule has 1 aromatic carbocycles. The average Bonchev–Trinajstić information content (AvgIpc) is 2.37. The van der Waals surface area contributed by atoms with Gasteiger partial charge in [-0.25, -0.2) is 4.79 Å². The molecular formula is C16H18N2O3. The second-order valence-electron chi connectivity index (χ2n) is 5.18. The summed E-state index contributed by atoms with van der Waals surface area (Å²) in [6.07, 6.45) is 0. The number of hydrogen-bond donors (Lipinski definition) is 1. The Morgan fingerprint density at radius 2 is 1.86 bits per heavy atom. The summed E-state index contributed by atoms with van der Waals surface area (Å²) >= 11 is 0. The molecule has 0 saturated carbocycles. The Balaban J connectivity index is 2.75. The Hall–Kier alpha value is -2.56. The van der Waals surface area contributed by atoms with Crippen molar-refractivity contribution in [2.45, 2.75) is 13.8 Å². The van der Waals surface area contributed by atoms with E-state index in [1.165, 1.54) is 10.6 Å². The van der Waals surface area contributed by atoms with E-state index in [-0.39, 0.29) is 11.1 Å². The zero-order valence-corrected chi connectivity index (χ0v) is 12.5. The molecule has 0 atom stereocenters. The van der Waals surface area contributed by atoms with Crippen LogP contribution in [-0.4, -0.2) is 29.7 Å². The molecule has 0 spiro atoms. The number of aromatic carboxylic acids is 1. The van der Waals surface area contributed by atoms with E-state index in [1.54, 1.807) is 19.9 Å². The molecule has 2 rings (SSSR count). The molecule has 0 unspecified atom stereocenters. The first-order chi connectivity index (χ1) is 9.82. The van der Waals surface area contributed by atoms with Crippen LogP contribution in [0.25, 0.3) is 5.69 Å². The van der Waals surface area contributed by atoms with Gasteiger partial charge in [0, 0.05) is 31.5 Å². The first kappa shape index (κ1) is 14.8. The van der Waals surface area contributed by atoms with Gasteiger partial charge in [-0.2, -0.15) is 0 Å². The van der Waals surface area contributed by atoms with Crippen molar-refractivity contribution in [2.75, 3.05) is 19.0 Å². The maximum Gasteiger partial charge on any atom is 0.337 e. The Bertz CT molecular complexity index is 761. The highest BCUT2D eigenvalue weighted by Gasteiger charge is 2.16. The highest BCUT2D eigenvalue weighted by Crippen LogP contribution is 2.19. The van der Waals surface area contributed by atoms with Gasteiger partial charge < -0.3 is 10.0 Å². The molecule has 0 aliphatic heterocycles. The van der Waals surface area contributed by atoms with Gasteiger partial charge in [0.2, 0.25) is 0 Å². The van der Waals surface area contributed by atoms with Crippen molar-refractivity contribution in [1.29, 1.82) is 0 Å². The van der Waals surface area contributed by atoms with Crippen molar-refractivity contribution in [1.82, 2.24) is 4.57 Å². The van der Waals surface area contributed by atoms with Crippen LogP contribution in [0.1, 0.15) is 21.6 Å². The van der Waals surface area contributed by atoms with E-state index in [1.807, 2.05) is 37.2 Å². The minimum Gasteiger partial charge on any atom is -0.478 e. The lowest BCUT2D eigenvalue weighted by molar-refractivity contribution is 0.0694. The van der Waals surface area contributed by atoms with Crippen molar-refractivity contribution >= 4 is 11.7 Å². The second kappa shape index (κ2) is 5.44. The zero-order valence-electron chi connectivity index (χ0n) is 12.5. The maximum absolute atomic E-state index is 12.3. The summed E-state index contributed by atoms with van der Waals surface area (Å²) in [6, 6.07) is 8.78. The van der Waals surface area contributed by atoms with Crippen LogP contribution < -0.4 is 10.5 Å². The molecule has 5 heteroatoms. The Morgan fingerprint density at radius 3 is 2.43 bits per heavy atom. The lowest BCUT2D eigenvalue weighted by Crippen LogP contribution is -2.24. The molecule has 2 aromatic rings. The number of carboxylic acids is 1. The SMILES string of the molecule is Cc1cc(=O)n(-c2cccc(N(C)C)c2)c(C)c1C(=O)O. The van der Waals surface area contributed by atoms with Crippen molar-refractivity contribution < 1.29 is 9.90 Å². The highest BCUT2D eigenvalue weighted by atomic mass is 16.4. The molecule has 0 radical (unpaired) electrons. The molecule has 0 saturated heterocycles. The fraction of sp³-hybridized carbons (Fsp3) is 0.250. The number of hydrogen-bond acceptors (Lipinski definition) is 3. The van der Waals surface area contributed by atoms with Gasteiger partial charge in [-0.05, 0) is 37.6 Å². The summed E-state index contributed by atoms with van der Waals surface area (Å²) in [5, 5.41) is 9.33. The third kappa shape index (κ3) is 2.67. The number of aromatic nitrogens is 1. The summed E-state index contributed by atoms with van der Waals surface area (Å²) < 4.78 is 1.43.